The Bertz CT molecular complexity index is 747. The summed E-state index contributed by atoms with van der Waals surface area (Å²) in [5.74, 6) is -6.98. The highest BCUT2D eigenvalue weighted by molar-refractivity contribution is 6.45. The normalized spacial score (nSPS) is 13.4. The Kier molecular flexibility index (Phi) is 4.15. The van der Waals surface area contributed by atoms with Gasteiger partial charge in [0.25, 0.3) is 0 Å². The van der Waals surface area contributed by atoms with Crippen molar-refractivity contribution in [3.63, 3.8) is 0 Å². The summed E-state index contributed by atoms with van der Waals surface area (Å²) in [6.07, 6.45) is -10.2. The molecule has 5 nitrogen and oxygen atoms in total. The van der Waals surface area contributed by atoms with Crippen molar-refractivity contribution in [1.29, 1.82) is 0 Å². The lowest BCUT2D eigenvalue weighted by Gasteiger charge is -2.19. The highest BCUT2D eigenvalue weighted by Gasteiger charge is 2.64. The topological polar surface area (TPSA) is 55.9 Å². The van der Waals surface area contributed by atoms with Crippen LogP contribution in [0.3, 0.4) is 0 Å². The maximum atomic E-state index is 13.5. The molecule has 0 unspecified atom stereocenters. The van der Waals surface area contributed by atoms with Crippen LogP contribution in [0.2, 0.25) is 0 Å². The van der Waals surface area contributed by atoms with E-state index in [4.69, 9.17) is 5.02 Å². The van der Waals surface area contributed by atoms with Gasteiger partial charge < -0.3 is 5.02 Å². The lowest BCUT2D eigenvalue weighted by molar-refractivity contribution is -0.292. The van der Waals surface area contributed by atoms with Gasteiger partial charge in [-0.25, -0.2) is 9.36 Å². The van der Waals surface area contributed by atoms with Crippen molar-refractivity contribution in [2.24, 2.45) is 7.05 Å². The van der Waals surface area contributed by atoms with Gasteiger partial charge in [-0.2, -0.15) is 45.3 Å². The van der Waals surface area contributed by atoms with Gasteiger partial charge in [-0.3, -0.25) is 0 Å². The van der Waals surface area contributed by atoms with E-state index in [1.54, 1.807) is 0 Å². The maximum Gasteiger partial charge on any atom is 0.459 e. The minimum Gasteiger partial charge on any atom is -0.450 e. The lowest BCUT2D eigenvalue weighted by atomic mass is 9.93. The van der Waals surface area contributed by atoms with E-state index in [0.29, 0.717) is 12.2 Å². The fourth-order valence-electron chi connectivity index (χ4n) is 1.91. The Morgan fingerprint density at radius 1 is 1.08 bits per heavy atom. The molecule has 14 heteroatoms. The van der Waals surface area contributed by atoms with E-state index in [0.717, 1.165) is 19.4 Å². The molecular formula is C10H6BF8N4O. The first-order chi connectivity index (χ1) is 10.8. The van der Waals surface area contributed by atoms with Crippen LogP contribution in [-0.4, -0.2) is 38.2 Å². The standard InChI is InChI=1S/C10H6BF8N4O/c1-22-7(23-3-4(11-24)2-20-23)5(9(14,15)16)6(21-22)8(12,13)10(17,18)19/h2-3,24H,1H3. The molecule has 0 aliphatic rings. The van der Waals surface area contributed by atoms with Crippen LogP contribution in [0.1, 0.15) is 11.3 Å². The second-order valence-corrected chi connectivity index (χ2v) is 4.59. The van der Waals surface area contributed by atoms with E-state index in [2.05, 4.69) is 10.2 Å². The molecule has 0 aromatic carbocycles. The molecule has 2 aromatic rings. The third-order valence-electron chi connectivity index (χ3n) is 2.92. The summed E-state index contributed by atoms with van der Waals surface area (Å²) < 4.78 is 104. The largest absolute Gasteiger partial charge is 0.459 e. The van der Waals surface area contributed by atoms with Crippen LogP contribution in [0, 0.1) is 0 Å². The van der Waals surface area contributed by atoms with Crippen LogP contribution < -0.4 is 5.46 Å². The van der Waals surface area contributed by atoms with Gasteiger partial charge in [-0.15, -0.1) is 0 Å². The Morgan fingerprint density at radius 2 is 1.67 bits per heavy atom. The summed E-state index contributed by atoms with van der Waals surface area (Å²) in [5, 5.41) is 14.9. The first-order valence-electron chi connectivity index (χ1n) is 5.92. The molecule has 2 heterocycles. The van der Waals surface area contributed by atoms with Crippen molar-refractivity contribution in [3.05, 3.63) is 23.7 Å². The van der Waals surface area contributed by atoms with Crippen LogP contribution in [0.25, 0.3) is 5.82 Å². The number of halogens is 8. The molecule has 2 rings (SSSR count). The minimum absolute atomic E-state index is 0.103. The highest BCUT2D eigenvalue weighted by atomic mass is 19.4. The fraction of sp³-hybridized carbons (Fsp3) is 0.400. The van der Waals surface area contributed by atoms with Gasteiger partial charge in [0, 0.05) is 19.4 Å². The zero-order valence-corrected chi connectivity index (χ0v) is 11.5. The summed E-state index contributed by atoms with van der Waals surface area (Å²) in [6, 6.07) is 0. The van der Waals surface area contributed by atoms with Crippen molar-refractivity contribution in [1.82, 2.24) is 19.6 Å². The van der Waals surface area contributed by atoms with Gasteiger partial charge >= 0.3 is 25.8 Å². The molecule has 0 atom stereocenters. The summed E-state index contributed by atoms with van der Waals surface area (Å²) in [6.45, 7) is 0. The van der Waals surface area contributed by atoms with Gasteiger partial charge in [0.15, 0.2) is 11.5 Å². The van der Waals surface area contributed by atoms with E-state index >= 15 is 0 Å². The predicted molar refractivity (Wildman–Crippen MR) is 62.9 cm³/mol. The molecular weight excluding hydrogens is 355 g/mol. The van der Waals surface area contributed by atoms with Crippen molar-refractivity contribution < 1.29 is 40.1 Å². The average molecular weight is 361 g/mol. The minimum atomic E-state index is -6.27. The van der Waals surface area contributed by atoms with Gasteiger partial charge in [0.05, 0.1) is 0 Å². The summed E-state index contributed by atoms with van der Waals surface area (Å²) in [5.41, 5.74) is -4.86. The maximum absolute atomic E-state index is 13.5. The second kappa shape index (κ2) is 5.46. The predicted octanol–water partition coefficient (Wildman–Crippen LogP) is 1.52. The molecule has 0 spiro atoms. The van der Waals surface area contributed by atoms with Crippen LogP contribution in [0.4, 0.5) is 35.1 Å². The van der Waals surface area contributed by atoms with Crippen molar-refractivity contribution in [2.75, 3.05) is 0 Å². The van der Waals surface area contributed by atoms with E-state index in [-0.39, 0.29) is 10.1 Å². The number of aryl methyl sites for hydroxylation is 1. The van der Waals surface area contributed by atoms with Crippen LogP contribution in [-0.2, 0) is 19.1 Å². The second-order valence-electron chi connectivity index (χ2n) is 4.59. The molecule has 1 N–H and O–H groups in total. The van der Waals surface area contributed by atoms with Crippen LogP contribution in [0.5, 0.6) is 0 Å². The molecule has 0 aliphatic heterocycles. The summed E-state index contributed by atoms with van der Waals surface area (Å²) >= 11 is 0. The smallest absolute Gasteiger partial charge is 0.450 e. The van der Waals surface area contributed by atoms with Gasteiger partial charge in [0.1, 0.15) is 5.56 Å². The first kappa shape index (κ1) is 18.2. The zero-order chi connectivity index (χ0) is 18.5. The fourth-order valence-corrected chi connectivity index (χ4v) is 1.91. The van der Waals surface area contributed by atoms with E-state index in [1.807, 2.05) is 0 Å². The zero-order valence-electron chi connectivity index (χ0n) is 11.5. The molecule has 2 aromatic heterocycles. The highest BCUT2D eigenvalue weighted by Crippen LogP contribution is 2.49. The third-order valence-corrected chi connectivity index (χ3v) is 2.92. The van der Waals surface area contributed by atoms with Crippen molar-refractivity contribution in [3.8, 4) is 5.82 Å². The number of aromatic nitrogens is 4. The molecule has 0 aliphatic carbocycles. The third kappa shape index (κ3) is 2.85. The van der Waals surface area contributed by atoms with Crippen molar-refractivity contribution >= 4 is 12.9 Å². The molecule has 131 valence electrons. The van der Waals surface area contributed by atoms with Crippen LogP contribution >= 0.6 is 0 Å². The van der Waals surface area contributed by atoms with Gasteiger partial charge in [-0.05, 0) is 5.46 Å². The number of hydrogen-bond donors (Lipinski definition) is 1. The molecule has 0 saturated carbocycles. The molecule has 0 amide bonds. The number of nitrogens with zero attached hydrogens (tertiary/aromatic N) is 4. The van der Waals surface area contributed by atoms with E-state index in [1.165, 1.54) is 0 Å². The molecule has 24 heavy (non-hydrogen) atoms. The molecule has 0 bridgehead atoms. The van der Waals surface area contributed by atoms with E-state index < -0.39 is 35.4 Å². The molecule has 1 radical (unpaired) electrons. The monoisotopic (exact) mass is 361 g/mol. The van der Waals surface area contributed by atoms with E-state index in [9.17, 15) is 35.1 Å². The van der Waals surface area contributed by atoms with Crippen LogP contribution in [0.15, 0.2) is 12.4 Å². The SMILES string of the molecule is Cn1nc(C(F)(F)C(F)(F)F)c(C(F)(F)F)c1-n1cc([B]O)cn1. The quantitative estimate of drug-likeness (QED) is 0.667. The molecule has 0 fully saturated rings. The first-order valence-corrected chi connectivity index (χ1v) is 5.92. The number of hydrogen-bond acceptors (Lipinski definition) is 3. The average Bonchev–Trinajstić information content (AvgIpc) is 3.00. The lowest BCUT2D eigenvalue weighted by Crippen LogP contribution is -2.36. The Balaban J connectivity index is 2.79. The van der Waals surface area contributed by atoms with Crippen molar-refractivity contribution in [2.45, 2.75) is 18.3 Å². The van der Waals surface area contributed by atoms with Gasteiger partial charge in [-0.1, -0.05) is 0 Å². The Labute approximate surface area is 128 Å². The number of alkyl halides is 8. The summed E-state index contributed by atoms with van der Waals surface area (Å²) in [4.78, 5) is 0. The summed E-state index contributed by atoms with van der Waals surface area (Å²) in [7, 11) is 1.21. The van der Waals surface area contributed by atoms with Gasteiger partial charge in [0.2, 0.25) is 0 Å². The Hall–Kier alpha value is -2.12. The number of rotatable bonds is 3. The molecule has 0 saturated heterocycles. The Morgan fingerprint density at radius 3 is 2.08 bits per heavy atom.